The van der Waals surface area contributed by atoms with E-state index in [-0.39, 0.29) is 12.7 Å². The minimum absolute atomic E-state index is 0.0365. The Hall–Kier alpha value is -2.54. The highest BCUT2D eigenvalue weighted by Gasteiger charge is 2.24. The molecule has 0 radical (unpaired) electrons. The number of carbonyl (C=O) groups excluding carboxylic acids is 1. The molecule has 2 aliphatic heterocycles. The van der Waals surface area contributed by atoms with Crippen LogP contribution in [0.1, 0.15) is 47.6 Å². The minimum Gasteiger partial charge on any atom is -0.454 e. The van der Waals surface area contributed by atoms with Gasteiger partial charge in [0.25, 0.3) is 5.91 Å². The van der Waals surface area contributed by atoms with Gasteiger partial charge in [0, 0.05) is 18.7 Å². The first kappa shape index (κ1) is 16.0. The molecule has 7 heteroatoms. The van der Waals surface area contributed by atoms with Crippen LogP contribution in [-0.2, 0) is 13.1 Å². The molecule has 3 heterocycles. The molecule has 25 heavy (non-hydrogen) atoms. The highest BCUT2D eigenvalue weighted by atomic mass is 16.7. The summed E-state index contributed by atoms with van der Waals surface area (Å²) >= 11 is 0. The lowest BCUT2D eigenvalue weighted by molar-refractivity contribution is 0.0745. The molecule has 1 N–H and O–H groups in total. The van der Waals surface area contributed by atoms with Crippen LogP contribution in [0, 0.1) is 0 Å². The molecule has 132 valence electrons. The van der Waals surface area contributed by atoms with E-state index in [1.165, 1.54) is 0 Å². The minimum atomic E-state index is -0.558. The normalized spacial score (nSPS) is 17.1. The topological polar surface area (TPSA) is 76.8 Å². The summed E-state index contributed by atoms with van der Waals surface area (Å²) in [6.07, 6.45) is 0.889. The second-order valence-electron chi connectivity index (χ2n) is 6.36. The summed E-state index contributed by atoms with van der Waals surface area (Å²) in [6, 6.07) is 7.18. The van der Waals surface area contributed by atoms with E-state index in [0.29, 0.717) is 42.3 Å². The van der Waals surface area contributed by atoms with Crippen molar-refractivity contribution in [3.05, 3.63) is 41.2 Å². The highest BCUT2D eigenvalue weighted by Crippen LogP contribution is 2.33. The molecule has 2 aliphatic rings. The highest BCUT2D eigenvalue weighted by molar-refractivity contribution is 5.95. The number of hydrogen-bond donors (Lipinski definition) is 1. The van der Waals surface area contributed by atoms with Crippen LogP contribution in [0.3, 0.4) is 0 Å². The zero-order chi connectivity index (χ0) is 17.4. The number of aromatic nitrogens is 2. The molecule has 0 spiro atoms. The van der Waals surface area contributed by atoms with Crippen molar-refractivity contribution in [2.45, 2.75) is 39.0 Å². The summed E-state index contributed by atoms with van der Waals surface area (Å²) in [6.45, 7) is 4.01. The second-order valence-corrected chi connectivity index (χ2v) is 6.36. The van der Waals surface area contributed by atoms with E-state index in [1.54, 1.807) is 18.2 Å². The van der Waals surface area contributed by atoms with E-state index in [9.17, 15) is 9.90 Å². The lowest BCUT2D eigenvalue weighted by atomic mass is 10.1. The summed E-state index contributed by atoms with van der Waals surface area (Å²) in [5.74, 6) is 1.24. The first-order valence-electron chi connectivity index (χ1n) is 8.59. The summed E-state index contributed by atoms with van der Waals surface area (Å²) in [4.78, 5) is 14.7. The van der Waals surface area contributed by atoms with E-state index in [4.69, 9.17) is 9.47 Å². The Morgan fingerprint density at radius 2 is 2.12 bits per heavy atom. The molecule has 0 saturated carbocycles. The molecular formula is C18H21N3O4. The number of ether oxygens (including phenoxy) is 2. The van der Waals surface area contributed by atoms with Crippen molar-refractivity contribution < 1.29 is 19.4 Å². The van der Waals surface area contributed by atoms with Gasteiger partial charge in [0.1, 0.15) is 0 Å². The maximum atomic E-state index is 12.9. The Labute approximate surface area is 145 Å². The van der Waals surface area contributed by atoms with E-state index in [2.05, 4.69) is 5.10 Å². The standard InChI is InChI=1S/C18H21N3O4/c1-2-15(22)14-9-13-10-20(6-3-7-21(13)19-14)18(23)12-4-5-16-17(8-12)25-11-24-16/h4-5,8-9,15,22H,2-3,6-7,10-11H2,1H3. The Bertz CT molecular complexity index is 802. The van der Waals surface area contributed by atoms with Gasteiger partial charge in [0.15, 0.2) is 11.5 Å². The van der Waals surface area contributed by atoms with Gasteiger partial charge in [0.2, 0.25) is 6.79 Å². The van der Waals surface area contributed by atoms with Gasteiger partial charge >= 0.3 is 0 Å². The van der Waals surface area contributed by atoms with Crippen LogP contribution >= 0.6 is 0 Å². The molecule has 1 aromatic carbocycles. The van der Waals surface area contributed by atoms with Gasteiger partial charge in [-0.3, -0.25) is 9.48 Å². The number of benzene rings is 1. The molecule has 2 aromatic rings. The number of rotatable bonds is 3. The molecule has 1 atom stereocenters. The molecule has 0 saturated heterocycles. The third-order valence-electron chi connectivity index (χ3n) is 4.67. The van der Waals surface area contributed by atoms with Crippen molar-refractivity contribution in [1.29, 1.82) is 0 Å². The monoisotopic (exact) mass is 343 g/mol. The smallest absolute Gasteiger partial charge is 0.254 e. The number of aliphatic hydroxyl groups is 1. The van der Waals surface area contributed by atoms with Crippen LogP contribution in [0.5, 0.6) is 11.5 Å². The molecule has 0 fully saturated rings. The van der Waals surface area contributed by atoms with Gasteiger partial charge in [0.05, 0.1) is 24.0 Å². The molecule has 4 rings (SSSR count). The lowest BCUT2D eigenvalue weighted by Gasteiger charge is -2.20. The van der Waals surface area contributed by atoms with E-state index in [0.717, 1.165) is 18.7 Å². The van der Waals surface area contributed by atoms with Gasteiger partial charge in [-0.15, -0.1) is 0 Å². The van der Waals surface area contributed by atoms with E-state index in [1.807, 2.05) is 22.6 Å². The Morgan fingerprint density at radius 1 is 1.28 bits per heavy atom. The van der Waals surface area contributed by atoms with Gasteiger partial charge in [-0.2, -0.15) is 5.10 Å². The summed E-state index contributed by atoms with van der Waals surface area (Å²) < 4.78 is 12.6. The van der Waals surface area contributed by atoms with Crippen LogP contribution in [0.25, 0.3) is 0 Å². The number of hydrogen-bond acceptors (Lipinski definition) is 5. The number of amides is 1. The number of aliphatic hydroxyl groups excluding tert-OH is 1. The fraction of sp³-hybridized carbons (Fsp3) is 0.444. The Kier molecular flexibility index (Phi) is 4.09. The average molecular weight is 343 g/mol. The van der Waals surface area contributed by atoms with Crippen LogP contribution in [0.4, 0.5) is 0 Å². The number of fused-ring (bicyclic) bond motifs is 2. The Balaban J connectivity index is 1.56. The zero-order valence-electron chi connectivity index (χ0n) is 14.1. The summed E-state index contributed by atoms with van der Waals surface area (Å²) in [7, 11) is 0. The molecule has 0 bridgehead atoms. The largest absolute Gasteiger partial charge is 0.454 e. The first-order valence-corrected chi connectivity index (χ1v) is 8.59. The molecule has 1 amide bonds. The molecule has 1 unspecified atom stereocenters. The maximum absolute atomic E-state index is 12.9. The Morgan fingerprint density at radius 3 is 2.96 bits per heavy atom. The summed E-state index contributed by atoms with van der Waals surface area (Å²) in [5.41, 5.74) is 2.22. The number of carbonyl (C=O) groups is 1. The predicted octanol–water partition coefficient (Wildman–Crippen LogP) is 2.10. The van der Waals surface area contributed by atoms with E-state index < -0.39 is 6.10 Å². The van der Waals surface area contributed by atoms with Crippen molar-refractivity contribution >= 4 is 5.91 Å². The van der Waals surface area contributed by atoms with Crippen LogP contribution < -0.4 is 9.47 Å². The second kappa shape index (κ2) is 6.40. The maximum Gasteiger partial charge on any atom is 0.254 e. The molecule has 1 aromatic heterocycles. The lowest BCUT2D eigenvalue weighted by Crippen LogP contribution is -2.30. The van der Waals surface area contributed by atoms with Gasteiger partial charge in [-0.1, -0.05) is 6.92 Å². The molecule has 7 nitrogen and oxygen atoms in total. The van der Waals surface area contributed by atoms with Gasteiger partial charge in [-0.05, 0) is 37.1 Å². The van der Waals surface area contributed by atoms with Gasteiger partial charge in [-0.25, -0.2) is 0 Å². The number of nitrogens with zero attached hydrogens (tertiary/aromatic N) is 3. The number of aryl methyl sites for hydroxylation is 1. The van der Waals surface area contributed by atoms with E-state index >= 15 is 0 Å². The zero-order valence-corrected chi connectivity index (χ0v) is 14.1. The molecule has 0 aliphatic carbocycles. The third-order valence-corrected chi connectivity index (χ3v) is 4.67. The fourth-order valence-electron chi connectivity index (χ4n) is 3.24. The first-order chi connectivity index (χ1) is 12.2. The van der Waals surface area contributed by atoms with Crippen LogP contribution in [-0.4, -0.2) is 39.0 Å². The molecular weight excluding hydrogens is 322 g/mol. The van der Waals surface area contributed by atoms with Crippen LogP contribution in [0.2, 0.25) is 0 Å². The SMILES string of the molecule is CCC(O)c1cc2n(n1)CCCN(C(=O)c1ccc3c(c1)OCO3)C2. The van der Waals surface area contributed by atoms with Crippen molar-refractivity contribution in [2.24, 2.45) is 0 Å². The van der Waals surface area contributed by atoms with Crippen molar-refractivity contribution in [1.82, 2.24) is 14.7 Å². The average Bonchev–Trinajstić information content (AvgIpc) is 3.21. The predicted molar refractivity (Wildman–Crippen MR) is 89.4 cm³/mol. The van der Waals surface area contributed by atoms with Crippen molar-refractivity contribution in [2.75, 3.05) is 13.3 Å². The third kappa shape index (κ3) is 2.95. The van der Waals surface area contributed by atoms with Crippen LogP contribution in [0.15, 0.2) is 24.3 Å². The van der Waals surface area contributed by atoms with Gasteiger partial charge < -0.3 is 19.5 Å². The van der Waals surface area contributed by atoms with Crippen molar-refractivity contribution in [3.8, 4) is 11.5 Å². The fourth-order valence-corrected chi connectivity index (χ4v) is 3.24. The quantitative estimate of drug-likeness (QED) is 0.923. The summed E-state index contributed by atoms with van der Waals surface area (Å²) in [5, 5.41) is 14.5. The van der Waals surface area contributed by atoms with Crippen molar-refractivity contribution in [3.63, 3.8) is 0 Å².